The number of rotatable bonds is 4. The van der Waals surface area contributed by atoms with Gasteiger partial charge in [0.15, 0.2) is 0 Å². The maximum Gasteiger partial charge on any atom is 0.0794 e. The van der Waals surface area contributed by atoms with Gasteiger partial charge >= 0.3 is 0 Å². The van der Waals surface area contributed by atoms with E-state index in [1.807, 2.05) is 23.2 Å². The van der Waals surface area contributed by atoms with Gasteiger partial charge in [-0.25, -0.2) is 0 Å². The van der Waals surface area contributed by atoms with Crippen LogP contribution >= 0.6 is 34.3 Å². The van der Waals surface area contributed by atoms with Crippen LogP contribution in [0.1, 0.15) is 9.75 Å². The van der Waals surface area contributed by atoms with Crippen LogP contribution < -0.4 is 5.32 Å². The molecule has 0 unspecified atom stereocenters. The van der Waals surface area contributed by atoms with Gasteiger partial charge in [0.25, 0.3) is 0 Å². The molecule has 2 rings (SSSR count). The van der Waals surface area contributed by atoms with Crippen molar-refractivity contribution in [2.75, 3.05) is 0 Å². The van der Waals surface area contributed by atoms with Crippen LogP contribution in [-0.4, -0.2) is 4.98 Å². The molecule has 0 bridgehead atoms. The summed E-state index contributed by atoms with van der Waals surface area (Å²) in [6.07, 6.45) is 1.89. The number of nitrogens with zero attached hydrogens (tertiary/aromatic N) is 1. The molecule has 0 aromatic carbocycles. The molecular weight excluding hydrogens is 236 g/mol. The fourth-order valence-electron chi connectivity index (χ4n) is 1.08. The first-order valence-electron chi connectivity index (χ1n) is 4.15. The van der Waals surface area contributed by atoms with Crippen molar-refractivity contribution in [2.45, 2.75) is 13.1 Å². The summed E-state index contributed by atoms with van der Waals surface area (Å²) in [6, 6.07) is 1.99. The first-order valence-corrected chi connectivity index (χ1v) is 6.29. The van der Waals surface area contributed by atoms with Gasteiger partial charge in [0, 0.05) is 34.4 Å². The van der Waals surface area contributed by atoms with Gasteiger partial charge in [0.05, 0.1) is 10.5 Å². The summed E-state index contributed by atoms with van der Waals surface area (Å²) in [5.41, 5.74) is 1.85. The van der Waals surface area contributed by atoms with Crippen molar-refractivity contribution in [3.05, 3.63) is 37.9 Å². The van der Waals surface area contributed by atoms with Crippen LogP contribution in [0.4, 0.5) is 0 Å². The summed E-state index contributed by atoms with van der Waals surface area (Å²) in [4.78, 5) is 6.53. The van der Waals surface area contributed by atoms with Crippen molar-refractivity contribution in [3.8, 4) is 0 Å². The molecule has 5 heteroatoms. The third-order valence-electron chi connectivity index (χ3n) is 1.70. The molecular formula is C9H9ClN2S2. The van der Waals surface area contributed by atoms with E-state index >= 15 is 0 Å². The van der Waals surface area contributed by atoms with E-state index in [1.165, 1.54) is 9.75 Å². The first-order chi connectivity index (χ1) is 6.84. The average Bonchev–Trinajstić information content (AvgIpc) is 2.77. The maximum atomic E-state index is 5.81. The van der Waals surface area contributed by atoms with Crippen molar-refractivity contribution in [2.24, 2.45) is 0 Å². The molecule has 0 fully saturated rings. The summed E-state index contributed by atoms with van der Waals surface area (Å²) >= 11 is 9.16. The van der Waals surface area contributed by atoms with Gasteiger partial charge in [-0.3, -0.25) is 4.98 Å². The molecule has 2 nitrogen and oxygen atoms in total. The molecule has 0 atom stereocenters. The van der Waals surface area contributed by atoms with Gasteiger partial charge in [-0.15, -0.1) is 22.7 Å². The van der Waals surface area contributed by atoms with Gasteiger partial charge in [-0.1, -0.05) is 11.6 Å². The normalized spacial score (nSPS) is 10.6. The molecule has 14 heavy (non-hydrogen) atoms. The molecule has 0 aliphatic rings. The predicted octanol–water partition coefficient (Wildman–Crippen LogP) is 3.15. The third-order valence-corrected chi connectivity index (χ3v) is 3.77. The molecule has 0 saturated heterocycles. The highest BCUT2D eigenvalue weighted by atomic mass is 35.5. The van der Waals surface area contributed by atoms with Crippen LogP contribution in [0.3, 0.4) is 0 Å². The van der Waals surface area contributed by atoms with E-state index in [-0.39, 0.29) is 0 Å². The molecule has 0 aliphatic carbocycles. The molecule has 0 saturated carbocycles. The molecule has 2 aromatic rings. The van der Waals surface area contributed by atoms with Gasteiger partial charge < -0.3 is 5.32 Å². The standard InChI is InChI=1S/C9H9ClN2S2/c10-7-1-8(13-5-7)2-11-3-9-4-12-6-14-9/h1,4-6,11H,2-3H2. The fraction of sp³-hybridized carbons (Fsp3) is 0.222. The second-order valence-electron chi connectivity index (χ2n) is 2.80. The van der Waals surface area contributed by atoms with Crippen molar-refractivity contribution in [3.63, 3.8) is 0 Å². The van der Waals surface area contributed by atoms with E-state index in [0.29, 0.717) is 0 Å². The van der Waals surface area contributed by atoms with E-state index in [4.69, 9.17) is 11.6 Å². The monoisotopic (exact) mass is 244 g/mol. The topological polar surface area (TPSA) is 24.9 Å². The summed E-state index contributed by atoms with van der Waals surface area (Å²) in [6.45, 7) is 1.75. The molecule has 0 aliphatic heterocycles. The number of thiophene rings is 1. The van der Waals surface area contributed by atoms with Crippen LogP contribution in [0.25, 0.3) is 0 Å². The highest BCUT2D eigenvalue weighted by molar-refractivity contribution is 7.10. The SMILES string of the molecule is Clc1csc(CNCc2cncs2)c1. The Morgan fingerprint density at radius 2 is 2.14 bits per heavy atom. The highest BCUT2D eigenvalue weighted by Crippen LogP contribution is 2.18. The minimum absolute atomic E-state index is 0.824. The van der Waals surface area contributed by atoms with E-state index in [1.54, 1.807) is 22.7 Å². The second kappa shape index (κ2) is 4.89. The zero-order valence-electron chi connectivity index (χ0n) is 7.37. The lowest BCUT2D eigenvalue weighted by Crippen LogP contribution is -2.10. The van der Waals surface area contributed by atoms with Gasteiger partial charge in [-0.2, -0.15) is 0 Å². The van der Waals surface area contributed by atoms with Crippen LogP contribution in [0.5, 0.6) is 0 Å². The Kier molecular flexibility index (Phi) is 3.53. The minimum atomic E-state index is 0.824. The maximum absolute atomic E-state index is 5.81. The van der Waals surface area contributed by atoms with E-state index < -0.39 is 0 Å². The van der Waals surface area contributed by atoms with Crippen molar-refractivity contribution in [1.29, 1.82) is 0 Å². The molecule has 0 amide bonds. The Morgan fingerprint density at radius 1 is 1.29 bits per heavy atom. The number of hydrogen-bond acceptors (Lipinski definition) is 4. The zero-order chi connectivity index (χ0) is 9.80. The molecule has 1 N–H and O–H groups in total. The van der Waals surface area contributed by atoms with Crippen LogP contribution in [0, 0.1) is 0 Å². The molecule has 0 spiro atoms. The quantitative estimate of drug-likeness (QED) is 0.894. The molecule has 0 radical (unpaired) electrons. The Balaban J connectivity index is 1.78. The van der Waals surface area contributed by atoms with Gasteiger partial charge in [-0.05, 0) is 6.07 Å². The fourth-order valence-corrected chi connectivity index (χ4v) is 2.69. The molecule has 74 valence electrons. The number of aromatic nitrogens is 1. The number of nitrogens with one attached hydrogen (secondary N) is 1. The Bertz CT molecular complexity index is 383. The Labute approximate surface area is 95.6 Å². The summed E-state index contributed by atoms with van der Waals surface area (Å²) in [5.74, 6) is 0. The number of halogens is 1. The van der Waals surface area contributed by atoms with Crippen LogP contribution in [0.2, 0.25) is 5.02 Å². The van der Waals surface area contributed by atoms with Crippen molar-refractivity contribution in [1.82, 2.24) is 10.3 Å². The van der Waals surface area contributed by atoms with Gasteiger partial charge in [0.2, 0.25) is 0 Å². The van der Waals surface area contributed by atoms with Gasteiger partial charge in [0.1, 0.15) is 0 Å². The summed E-state index contributed by atoms with van der Waals surface area (Å²) < 4.78 is 0. The summed E-state index contributed by atoms with van der Waals surface area (Å²) in [5, 5.41) is 6.11. The minimum Gasteiger partial charge on any atom is -0.307 e. The van der Waals surface area contributed by atoms with Crippen LogP contribution in [-0.2, 0) is 13.1 Å². The van der Waals surface area contributed by atoms with Crippen molar-refractivity contribution >= 4 is 34.3 Å². The smallest absolute Gasteiger partial charge is 0.0794 e. The second-order valence-corrected chi connectivity index (χ2v) is 5.21. The lowest BCUT2D eigenvalue weighted by Gasteiger charge is -1.98. The van der Waals surface area contributed by atoms with E-state index in [2.05, 4.69) is 10.3 Å². The molecule has 2 heterocycles. The lowest BCUT2D eigenvalue weighted by molar-refractivity contribution is 0.708. The first kappa shape index (κ1) is 10.1. The zero-order valence-corrected chi connectivity index (χ0v) is 9.75. The molecule has 2 aromatic heterocycles. The third kappa shape index (κ3) is 2.78. The number of hydrogen-bond donors (Lipinski definition) is 1. The van der Waals surface area contributed by atoms with E-state index in [9.17, 15) is 0 Å². The largest absolute Gasteiger partial charge is 0.307 e. The average molecular weight is 245 g/mol. The number of thiazole rings is 1. The summed E-state index contributed by atoms with van der Waals surface area (Å²) in [7, 11) is 0. The highest BCUT2D eigenvalue weighted by Gasteiger charge is 1.98. The van der Waals surface area contributed by atoms with Crippen LogP contribution in [0.15, 0.2) is 23.2 Å². The Hall–Kier alpha value is -0.420. The lowest BCUT2D eigenvalue weighted by atomic mass is 10.4. The predicted molar refractivity (Wildman–Crippen MR) is 62.0 cm³/mol. The Morgan fingerprint density at radius 3 is 2.79 bits per heavy atom. The van der Waals surface area contributed by atoms with E-state index in [0.717, 1.165) is 18.1 Å². The van der Waals surface area contributed by atoms with Crippen molar-refractivity contribution < 1.29 is 0 Å².